The Balaban J connectivity index is 2.31. The van der Waals surface area contributed by atoms with Crippen LogP contribution in [-0.4, -0.2) is 18.4 Å². The van der Waals surface area contributed by atoms with E-state index in [9.17, 15) is 0 Å². The molecule has 0 unspecified atom stereocenters. The minimum Gasteiger partial charge on any atom is -0.381 e. The summed E-state index contributed by atoms with van der Waals surface area (Å²) in [6.45, 7) is 1.53. The Morgan fingerprint density at radius 2 is 2.00 bits per heavy atom. The molecular weight excluding hydrogens is 138 g/mol. The van der Waals surface area contributed by atoms with Crippen molar-refractivity contribution in [2.75, 3.05) is 13.2 Å². The van der Waals surface area contributed by atoms with Gasteiger partial charge in [-0.3, -0.25) is 5.41 Å². The molecule has 1 heterocycles. The van der Waals surface area contributed by atoms with E-state index in [-0.39, 0.29) is 5.92 Å². The molecule has 1 aliphatic heterocycles. The Labute approximate surface area is 59.7 Å². The van der Waals surface area contributed by atoms with Gasteiger partial charge in [0.1, 0.15) is 5.17 Å². The highest BCUT2D eigenvalue weighted by molar-refractivity contribution is 6.64. The molecule has 1 aliphatic rings. The average molecular weight is 148 g/mol. The third kappa shape index (κ3) is 1.95. The van der Waals surface area contributed by atoms with Gasteiger partial charge >= 0.3 is 0 Å². The van der Waals surface area contributed by atoms with Gasteiger partial charge in [-0.2, -0.15) is 0 Å². The zero-order chi connectivity index (χ0) is 6.69. The lowest BCUT2D eigenvalue weighted by Gasteiger charge is -2.19. The molecule has 0 aromatic rings. The van der Waals surface area contributed by atoms with Crippen molar-refractivity contribution in [3.63, 3.8) is 0 Å². The molecule has 52 valence electrons. The Morgan fingerprint density at radius 3 is 2.33 bits per heavy atom. The second-order valence-corrected chi connectivity index (χ2v) is 2.64. The van der Waals surface area contributed by atoms with Gasteiger partial charge in [0.15, 0.2) is 0 Å². The van der Waals surface area contributed by atoms with E-state index in [4.69, 9.17) is 21.7 Å². The molecule has 0 amide bonds. The molecule has 1 rings (SSSR count). The maximum absolute atomic E-state index is 7.10. The summed E-state index contributed by atoms with van der Waals surface area (Å²) in [5.74, 6) is 0.278. The van der Waals surface area contributed by atoms with Crippen LogP contribution < -0.4 is 0 Å². The lowest BCUT2D eigenvalue weighted by Crippen LogP contribution is -2.19. The summed E-state index contributed by atoms with van der Waals surface area (Å²) in [5, 5.41) is 7.39. The predicted octanol–water partition coefficient (Wildman–Crippen LogP) is 1.63. The third-order valence-corrected chi connectivity index (χ3v) is 1.89. The summed E-state index contributed by atoms with van der Waals surface area (Å²) in [5.41, 5.74) is 0. The largest absolute Gasteiger partial charge is 0.381 e. The topological polar surface area (TPSA) is 33.1 Å². The van der Waals surface area contributed by atoms with Crippen LogP contribution in [0.25, 0.3) is 0 Å². The smallest absolute Gasteiger partial charge is 0.100 e. The Bertz CT molecular complexity index is 110. The van der Waals surface area contributed by atoms with E-state index in [0.29, 0.717) is 5.17 Å². The maximum Gasteiger partial charge on any atom is 0.100 e. The molecule has 1 saturated heterocycles. The zero-order valence-electron chi connectivity index (χ0n) is 5.19. The zero-order valence-corrected chi connectivity index (χ0v) is 5.95. The maximum atomic E-state index is 7.10. The van der Waals surface area contributed by atoms with Gasteiger partial charge in [0.05, 0.1) is 0 Å². The lowest BCUT2D eigenvalue weighted by molar-refractivity contribution is 0.0832. The molecule has 0 bridgehead atoms. The van der Waals surface area contributed by atoms with Crippen molar-refractivity contribution in [1.82, 2.24) is 0 Å². The molecule has 2 nitrogen and oxygen atoms in total. The first-order chi connectivity index (χ1) is 4.30. The van der Waals surface area contributed by atoms with Crippen molar-refractivity contribution in [2.24, 2.45) is 5.92 Å². The van der Waals surface area contributed by atoms with Crippen LogP contribution in [0.4, 0.5) is 0 Å². The molecule has 3 heteroatoms. The van der Waals surface area contributed by atoms with E-state index in [2.05, 4.69) is 0 Å². The van der Waals surface area contributed by atoms with Crippen molar-refractivity contribution in [1.29, 1.82) is 5.41 Å². The summed E-state index contributed by atoms with van der Waals surface area (Å²) >= 11 is 5.48. The van der Waals surface area contributed by atoms with Crippen LogP contribution in [0.2, 0.25) is 0 Å². The summed E-state index contributed by atoms with van der Waals surface area (Å²) in [6.07, 6.45) is 1.84. The molecule has 0 radical (unpaired) electrons. The molecule has 1 N–H and O–H groups in total. The van der Waals surface area contributed by atoms with Gasteiger partial charge in [-0.15, -0.1) is 0 Å². The molecule has 0 aliphatic carbocycles. The predicted molar refractivity (Wildman–Crippen MR) is 37.1 cm³/mol. The average Bonchev–Trinajstić information content (AvgIpc) is 1.90. The highest BCUT2D eigenvalue weighted by Crippen LogP contribution is 2.16. The standard InChI is InChI=1S/C6H10ClNO/c7-6(8)5-1-3-9-4-2-5/h5,8H,1-4H2. The second-order valence-electron chi connectivity index (χ2n) is 2.23. The van der Waals surface area contributed by atoms with E-state index >= 15 is 0 Å². The highest BCUT2D eigenvalue weighted by atomic mass is 35.5. The molecule has 0 aromatic heterocycles. The van der Waals surface area contributed by atoms with Crippen LogP contribution in [0.3, 0.4) is 0 Å². The Kier molecular flexibility index (Phi) is 2.49. The summed E-state index contributed by atoms with van der Waals surface area (Å²) < 4.78 is 5.09. The van der Waals surface area contributed by atoms with Crippen LogP contribution in [0.5, 0.6) is 0 Å². The highest BCUT2D eigenvalue weighted by Gasteiger charge is 2.16. The molecule has 0 aromatic carbocycles. The third-order valence-electron chi connectivity index (χ3n) is 1.58. The summed E-state index contributed by atoms with van der Waals surface area (Å²) in [6, 6.07) is 0. The normalized spacial score (nSPS) is 21.9. The second kappa shape index (κ2) is 3.18. The van der Waals surface area contributed by atoms with Crippen LogP contribution in [0, 0.1) is 11.3 Å². The van der Waals surface area contributed by atoms with Crippen molar-refractivity contribution in [3.05, 3.63) is 0 Å². The van der Waals surface area contributed by atoms with E-state index in [0.717, 1.165) is 26.1 Å². The first-order valence-electron chi connectivity index (χ1n) is 3.12. The number of hydrogen-bond acceptors (Lipinski definition) is 2. The minimum absolute atomic E-state index is 0.278. The van der Waals surface area contributed by atoms with Gasteiger partial charge in [0.2, 0.25) is 0 Å². The number of nitrogens with one attached hydrogen (secondary N) is 1. The summed E-state index contributed by atoms with van der Waals surface area (Å²) in [4.78, 5) is 0. The molecule has 0 spiro atoms. The SMILES string of the molecule is N=C(Cl)C1CCOCC1. The number of ether oxygens (including phenoxy) is 1. The fraction of sp³-hybridized carbons (Fsp3) is 0.833. The van der Waals surface area contributed by atoms with E-state index < -0.39 is 0 Å². The van der Waals surface area contributed by atoms with Crippen LogP contribution in [-0.2, 0) is 4.74 Å². The molecule has 0 saturated carbocycles. The van der Waals surface area contributed by atoms with Gasteiger partial charge in [0, 0.05) is 19.1 Å². The number of halogens is 1. The van der Waals surface area contributed by atoms with E-state index in [1.54, 1.807) is 0 Å². The van der Waals surface area contributed by atoms with Gasteiger partial charge in [-0.25, -0.2) is 0 Å². The number of hydrogen-bond donors (Lipinski definition) is 1. The fourth-order valence-corrected chi connectivity index (χ4v) is 1.17. The van der Waals surface area contributed by atoms with Crippen molar-refractivity contribution >= 4 is 16.8 Å². The van der Waals surface area contributed by atoms with Crippen LogP contribution in [0.15, 0.2) is 0 Å². The van der Waals surface area contributed by atoms with Gasteiger partial charge in [-0.1, -0.05) is 11.6 Å². The molecule has 1 fully saturated rings. The van der Waals surface area contributed by atoms with Crippen molar-refractivity contribution in [3.8, 4) is 0 Å². The van der Waals surface area contributed by atoms with Crippen LogP contribution in [0.1, 0.15) is 12.8 Å². The van der Waals surface area contributed by atoms with Gasteiger partial charge < -0.3 is 4.74 Å². The first-order valence-corrected chi connectivity index (χ1v) is 3.50. The summed E-state index contributed by atoms with van der Waals surface area (Å²) in [7, 11) is 0. The molecular formula is C6H10ClNO. The van der Waals surface area contributed by atoms with E-state index in [1.807, 2.05) is 0 Å². The van der Waals surface area contributed by atoms with Gasteiger partial charge in [0.25, 0.3) is 0 Å². The minimum atomic E-state index is 0.278. The Hall–Kier alpha value is -0.0800. The quantitative estimate of drug-likeness (QED) is 0.562. The molecule has 0 atom stereocenters. The monoisotopic (exact) mass is 147 g/mol. The lowest BCUT2D eigenvalue weighted by atomic mass is 10.0. The Morgan fingerprint density at radius 1 is 1.44 bits per heavy atom. The van der Waals surface area contributed by atoms with E-state index in [1.165, 1.54) is 0 Å². The molecule has 9 heavy (non-hydrogen) atoms. The van der Waals surface area contributed by atoms with Crippen molar-refractivity contribution < 1.29 is 4.74 Å². The number of rotatable bonds is 1. The fourth-order valence-electron chi connectivity index (χ4n) is 0.951. The van der Waals surface area contributed by atoms with Crippen molar-refractivity contribution in [2.45, 2.75) is 12.8 Å². The first kappa shape index (κ1) is 7.03. The van der Waals surface area contributed by atoms with Crippen LogP contribution >= 0.6 is 11.6 Å². The van der Waals surface area contributed by atoms with Gasteiger partial charge in [-0.05, 0) is 12.8 Å².